The summed E-state index contributed by atoms with van der Waals surface area (Å²) in [4.78, 5) is 25.6. The summed E-state index contributed by atoms with van der Waals surface area (Å²) >= 11 is 1.78. The van der Waals surface area contributed by atoms with E-state index in [1.54, 1.807) is 28.4 Å². The van der Waals surface area contributed by atoms with Crippen molar-refractivity contribution in [2.75, 3.05) is 31.6 Å². The van der Waals surface area contributed by atoms with Crippen LogP contribution in [0.15, 0.2) is 30.7 Å². The second kappa shape index (κ2) is 7.31. The number of hydrogen-bond donors (Lipinski definition) is 0. The van der Waals surface area contributed by atoms with Crippen molar-refractivity contribution in [1.29, 1.82) is 0 Å². The molecule has 0 unspecified atom stereocenters. The number of thiazole rings is 1. The van der Waals surface area contributed by atoms with Gasteiger partial charge in [0.25, 0.3) is 5.91 Å². The molecule has 0 aliphatic carbocycles. The van der Waals surface area contributed by atoms with Gasteiger partial charge in [0, 0.05) is 39.9 Å². The fourth-order valence-electron chi connectivity index (χ4n) is 3.65. The number of hydrogen-bond acceptors (Lipinski definition) is 5. The van der Waals surface area contributed by atoms with Gasteiger partial charge in [-0.05, 0) is 43.4 Å². The van der Waals surface area contributed by atoms with Gasteiger partial charge >= 0.3 is 0 Å². The zero-order valence-electron chi connectivity index (χ0n) is 16.1. The Kier molecular flexibility index (Phi) is 4.86. The highest BCUT2D eigenvalue weighted by Crippen LogP contribution is 2.32. The van der Waals surface area contributed by atoms with Crippen LogP contribution in [0.5, 0.6) is 0 Å². The molecule has 3 aromatic rings. The van der Waals surface area contributed by atoms with Crippen LogP contribution in [0, 0.1) is 12.8 Å². The first kappa shape index (κ1) is 18.0. The molecule has 0 spiro atoms. The molecule has 4 rings (SSSR count). The predicted molar refractivity (Wildman–Crippen MR) is 109 cm³/mol. The van der Waals surface area contributed by atoms with Crippen LogP contribution in [-0.2, 0) is 7.05 Å². The molecule has 0 atom stereocenters. The molecule has 0 saturated carbocycles. The highest BCUT2D eigenvalue weighted by atomic mass is 32.1. The highest BCUT2D eigenvalue weighted by Gasteiger charge is 2.24. The SMILES string of the molecule is Cc1ccc2nc(N3CCC(CN(C)C(=O)c4cn(C)cn4)CC3)sc2c1. The summed E-state index contributed by atoms with van der Waals surface area (Å²) in [5.74, 6) is 0.523. The van der Waals surface area contributed by atoms with Crippen LogP contribution in [0.4, 0.5) is 5.13 Å². The predicted octanol–water partition coefficient (Wildman–Crippen LogP) is 3.33. The lowest BCUT2D eigenvalue weighted by Gasteiger charge is -2.33. The maximum absolute atomic E-state index is 12.5. The van der Waals surface area contributed by atoms with E-state index in [0.717, 1.165) is 43.1 Å². The van der Waals surface area contributed by atoms with Crippen LogP contribution in [0.1, 0.15) is 28.9 Å². The third-order valence-corrected chi connectivity index (χ3v) is 6.30. The van der Waals surface area contributed by atoms with Crippen molar-refractivity contribution in [1.82, 2.24) is 19.4 Å². The molecule has 1 saturated heterocycles. The summed E-state index contributed by atoms with van der Waals surface area (Å²) in [6.45, 7) is 4.89. The lowest BCUT2D eigenvalue weighted by Crippen LogP contribution is -2.39. The third-order valence-electron chi connectivity index (χ3n) is 5.22. The molecule has 27 heavy (non-hydrogen) atoms. The molecular weight excluding hydrogens is 358 g/mol. The van der Waals surface area contributed by atoms with Crippen molar-refractivity contribution in [3.63, 3.8) is 0 Å². The third kappa shape index (κ3) is 3.83. The van der Waals surface area contributed by atoms with Crippen molar-refractivity contribution in [2.24, 2.45) is 13.0 Å². The van der Waals surface area contributed by atoms with Gasteiger partial charge in [-0.1, -0.05) is 17.4 Å². The molecular formula is C20H25N5OS. The monoisotopic (exact) mass is 383 g/mol. The Labute approximate surface area is 163 Å². The summed E-state index contributed by atoms with van der Waals surface area (Å²) in [5.41, 5.74) is 2.88. The number of benzene rings is 1. The molecule has 1 aromatic carbocycles. The first-order valence-electron chi connectivity index (χ1n) is 9.35. The van der Waals surface area contributed by atoms with Crippen LogP contribution >= 0.6 is 11.3 Å². The Hall–Kier alpha value is -2.41. The molecule has 1 fully saturated rings. The minimum absolute atomic E-state index is 0.000396. The van der Waals surface area contributed by atoms with E-state index in [2.05, 4.69) is 35.0 Å². The Morgan fingerprint density at radius 2 is 2.11 bits per heavy atom. The largest absolute Gasteiger partial charge is 0.348 e. The van der Waals surface area contributed by atoms with Gasteiger partial charge in [-0.25, -0.2) is 9.97 Å². The van der Waals surface area contributed by atoms with E-state index in [4.69, 9.17) is 4.98 Å². The van der Waals surface area contributed by atoms with Gasteiger partial charge in [0.05, 0.1) is 16.5 Å². The number of carbonyl (C=O) groups excluding carboxylic acids is 1. The molecule has 0 radical (unpaired) electrons. The number of amides is 1. The fourth-order valence-corrected chi connectivity index (χ4v) is 4.77. The molecule has 142 valence electrons. The first-order valence-corrected chi connectivity index (χ1v) is 10.2. The quantitative estimate of drug-likeness (QED) is 0.693. The van der Waals surface area contributed by atoms with Gasteiger partial charge in [0.1, 0.15) is 5.69 Å². The molecule has 1 amide bonds. The molecule has 1 aliphatic rings. The number of aryl methyl sites for hydroxylation is 2. The Balaban J connectivity index is 1.34. The molecule has 7 heteroatoms. The van der Waals surface area contributed by atoms with Crippen molar-refractivity contribution in [3.05, 3.63) is 42.0 Å². The van der Waals surface area contributed by atoms with Crippen LogP contribution in [-0.4, -0.2) is 52.0 Å². The van der Waals surface area contributed by atoms with Gasteiger partial charge in [-0.15, -0.1) is 0 Å². The van der Waals surface area contributed by atoms with Crippen molar-refractivity contribution >= 4 is 32.6 Å². The average Bonchev–Trinajstić information content (AvgIpc) is 3.27. The first-order chi connectivity index (χ1) is 13.0. The van der Waals surface area contributed by atoms with Crippen LogP contribution in [0.2, 0.25) is 0 Å². The smallest absolute Gasteiger partial charge is 0.273 e. The highest BCUT2D eigenvalue weighted by molar-refractivity contribution is 7.22. The summed E-state index contributed by atoms with van der Waals surface area (Å²) < 4.78 is 3.06. The number of rotatable bonds is 4. The van der Waals surface area contributed by atoms with Gasteiger partial charge < -0.3 is 14.4 Å². The van der Waals surface area contributed by atoms with E-state index in [1.807, 2.05) is 19.0 Å². The fraction of sp³-hybridized carbons (Fsp3) is 0.450. The van der Waals surface area contributed by atoms with Crippen molar-refractivity contribution < 1.29 is 4.79 Å². The second-order valence-corrected chi connectivity index (χ2v) is 8.52. The molecule has 0 N–H and O–H groups in total. The number of nitrogens with zero attached hydrogens (tertiary/aromatic N) is 5. The van der Waals surface area contributed by atoms with Gasteiger partial charge in [0.15, 0.2) is 5.13 Å². The number of imidazole rings is 1. The zero-order chi connectivity index (χ0) is 19.0. The van der Waals surface area contributed by atoms with Gasteiger partial charge in [-0.3, -0.25) is 4.79 Å². The average molecular weight is 384 g/mol. The summed E-state index contributed by atoms with van der Waals surface area (Å²) in [6.07, 6.45) is 5.60. The molecule has 1 aliphatic heterocycles. The number of carbonyl (C=O) groups is 1. The van der Waals surface area contributed by atoms with Crippen molar-refractivity contribution in [3.8, 4) is 0 Å². The standard InChI is InChI=1S/C20H25N5OS/c1-14-4-5-16-18(10-14)27-20(22-16)25-8-6-15(7-9-25)11-24(3)19(26)17-12-23(2)13-21-17/h4-5,10,12-13,15H,6-9,11H2,1-3H3. The maximum Gasteiger partial charge on any atom is 0.273 e. The van der Waals surface area contributed by atoms with Crippen LogP contribution < -0.4 is 4.90 Å². The molecule has 0 bridgehead atoms. The lowest BCUT2D eigenvalue weighted by atomic mass is 9.96. The molecule has 6 nitrogen and oxygen atoms in total. The minimum atomic E-state index is -0.000396. The van der Waals surface area contributed by atoms with E-state index in [0.29, 0.717) is 11.6 Å². The lowest BCUT2D eigenvalue weighted by molar-refractivity contribution is 0.0759. The van der Waals surface area contributed by atoms with Crippen molar-refractivity contribution in [2.45, 2.75) is 19.8 Å². The van der Waals surface area contributed by atoms with Gasteiger partial charge in [-0.2, -0.15) is 0 Å². The topological polar surface area (TPSA) is 54.3 Å². The van der Waals surface area contributed by atoms with Gasteiger partial charge in [0.2, 0.25) is 0 Å². The Morgan fingerprint density at radius 1 is 1.33 bits per heavy atom. The summed E-state index contributed by atoms with van der Waals surface area (Å²) in [5, 5.41) is 1.12. The second-order valence-electron chi connectivity index (χ2n) is 7.51. The molecule has 3 heterocycles. The summed E-state index contributed by atoms with van der Waals surface area (Å²) in [6, 6.07) is 6.43. The minimum Gasteiger partial charge on any atom is -0.348 e. The Morgan fingerprint density at radius 3 is 2.81 bits per heavy atom. The number of anilines is 1. The van der Waals surface area contributed by atoms with E-state index >= 15 is 0 Å². The van der Waals surface area contributed by atoms with E-state index in [9.17, 15) is 4.79 Å². The van der Waals surface area contributed by atoms with Crippen LogP contribution in [0.3, 0.4) is 0 Å². The zero-order valence-corrected chi connectivity index (χ0v) is 16.9. The summed E-state index contributed by atoms with van der Waals surface area (Å²) in [7, 11) is 3.75. The van der Waals surface area contributed by atoms with Crippen LogP contribution in [0.25, 0.3) is 10.2 Å². The van der Waals surface area contributed by atoms with E-state index < -0.39 is 0 Å². The number of piperidine rings is 1. The van der Waals surface area contributed by atoms with E-state index in [-0.39, 0.29) is 5.91 Å². The Bertz CT molecular complexity index is 954. The number of aromatic nitrogens is 3. The van der Waals surface area contributed by atoms with E-state index in [1.165, 1.54) is 10.3 Å². The normalized spacial score (nSPS) is 15.4. The maximum atomic E-state index is 12.5. The molecule has 2 aromatic heterocycles. The number of fused-ring (bicyclic) bond motifs is 1.